The molecule has 0 spiro atoms. The number of halogens is 2. The number of nitriles is 1. The lowest BCUT2D eigenvalue weighted by Crippen LogP contribution is -2.50. The first-order valence-electron chi connectivity index (χ1n) is 5.36. The van der Waals surface area contributed by atoms with Gasteiger partial charge in [-0.25, -0.2) is 4.98 Å². The van der Waals surface area contributed by atoms with E-state index < -0.39 is 6.55 Å². The zero-order chi connectivity index (χ0) is 12.3. The molecule has 2 heterocycles. The second-order valence-corrected chi connectivity index (χ2v) is 3.85. The highest BCUT2D eigenvalue weighted by atomic mass is 19.3. The topological polar surface area (TPSA) is 56.9 Å². The normalized spacial score (nSPS) is 21.6. The summed E-state index contributed by atoms with van der Waals surface area (Å²) in [6.45, 7) is -0.332. The van der Waals surface area contributed by atoms with E-state index in [1.807, 2.05) is 4.90 Å². The van der Waals surface area contributed by atoms with Crippen molar-refractivity contribution in [2.45, 2.75) is 19.1 Å². The number of rotatable bonds is 3. The second-order valence-electron chi connectivity index (χ2n) is 3.85. The Bertz CT molecular complexity index is 411. The molecule has 1 unspecified atom stereocenters. The van der Waals surface area contributed by atoms with E-state index in [-0.39, 0.29) is 12.6 Å². The van der Waals surface area contributed by atoms with Crippen LogP contribution in [-0.2, 0) is 6.54 Å². The highest BCUT2D eigenvalue weighted by Gasteiger charge is 2.24. The third-order valence-electron chi connectivity index (χ3n) is 2.81. The van der Waals surface area contributed by atoms with Gasteiger partial charge in [-0.2, -0.15) is 14.0 Å². The summed E-state index contributed by atoms with van der Waals surface area (Å²) in [6.07, 6.45) is 2.61. The van der Waals surface area contributed by atoms with Crippen LogP contribution >= 0.6 is 0 Å². The molecule has 1 saturated heterocycles. The van der Waals surface area contributed by atoms with Crippen LogP contribution in [0, 0.1) is 11.3 Å². The van der Waals surface area contributed by atoms with Crippen molar-refractivity contribution in [3.05, 3.63) is 18.2 Å². The van der Waals surface area contributed by atoms with Crippen molar-refractivity contribution >= 4 is 0 Å². The monoisotopic (exact) mass is 241 g/mol. The van der Waals surface area contributed by atoms with Crippen LogP contribution in [-0.4, -0.2) is 40.1 Å². The lowest BCUT2D eigenvalue weighted by Gasteiger charge is -2.31. The van der Waals surface area contributed by atoms with Crippen molar-refractivity contribution in [3.8, 4) is 6.07 Å². The molecule has 1 fully saturated rings. The first kappa shape index (κ1) is 12.0. The Morgan fingerprint density at radius 1 is 1.65 bits per heavy atom. The second kappa shape index (κ2) is 5.21. The fourth-order valence-corrected chi connectivity index (χ4v) is 1.89. The van der Waals surface area contributed by atoms with Crippen molar-refractivity contribution in [2.24, 2.45) is 0 Å². The van der Waals surface area contributed by atoms with Crippen molar-refractivity contribution < 1.29 is 8.78 Å². The number of alkyl halides is 2. The minimum absolute atomic E-state index is 0.275. The average Bonchev–Trinajstić information content (AvgIpc) is 2.78. The molecule has 1 aromatic rings. The van der Waals surface area contributed by atoms with Gasteiger partial charge in [-0.15, -0.1) is 0 Å². The largest absolute Gasteiger partial charge is 0.319 e. The summed E-state index contributed by atoms with van der Waals surface area (Å²) in [5.41, 5.74) is 0. The Morgan fingerprint density at radius 3 is 3.18 bits per heavy atom. The molecule has 0 aliphatic carbocycles. The van der Waals surface area contributed by atoms with Gasteiger partial charge >= 0.3 is 6.55 Å². The molecule has 7 heteroatoms. The summed E-state index contributed by atoms with van der Waals surface area (Å²) >= 11 is 0. The molecule has 92 valence electrons. The maximum atomic E-state index is 12.6. The van der Waals surface area contributed by atoms with Gasteiger partial charge < -0.3 is 5.32 Å². The molecule has 1 atom stereocenters. The highest BCUT2D eigenvalue weighted by molar-refractivity contribution is 5.00. The Morgan fingerprint density at radius 2 is 2.47 bits per heavy atom. The van der Waals surface area contributed by atoms with Gasteiger partial charge in [0.1, 0.15) is 11.9 Å². The first-order valence-corrected chi connectivity index (χ1v) is 5.36. The number of nitrogens with zero attached hydrogens (tertiary/aromatic N) is 4. The first-order chi connectivity index (χ1) is 8.22. The highest BCUT2D eigenvalue weighted by Crippen LogP contribution is 2.15. The minimum atomic E-state index is -2.59. The summed E-state index contributed by atoms with van der Waals surface area (Å²) < 4.78 is 26.1. The van der Waals surface area contributed by atoms with E-state index in [0.29, 0.717) is 18.9 Å². The Kier molecular flexibility index (Phi) is 3.66. The molecule has 5 nitrogen and oxygen atoms in total. The van der Waals surface area contributed by atoms with E-state index in [0.717, 1.165) is 11.1 Å². The lowest BCUT2D eigenvalue weighted by molar-refractivity contribution is 0.0622. The van der Waals surface area contributed by atoms with E-state index in [1.165, 1.54) is 12.4 Å². The molecule has 0 aromatic carbocycles. The van der Waals surface area contributed by atoms with Gasteiger partial charge in [-0.3, -0.25) is 9.47 Å². The Balaban J connectivity index is 2.09. The maximum absolute atomic E-state index is 12.6. The van der Waals surface area contributed by atoms with Gasteiger partial charge in [-0.1, -0.05) is 0 Å². The van der Waals surface area contributed by atoms with Gasteiger partial charge in [0.2, 0.25) is 0 Å². The van der Waals surface area contributed by atoms with E-state index in [9.17, 15) is 8.78 Å². The van der Waals surface area contributed by atoms with Crippen LogP contribution in [0.1, 0.15) is 12.4 Å². The zero-order valence-electron chi connectivity index (χ0n) is 9.18. The molecule has 1 aliphatic heterocycles. The minimum Gasteiger partial charge on any atom is -0.313 e. The van der Waals surface area contributed by atoms with Crippen molar-refractivity contribution in [1.82, 2.24) is 19.8 Å². The van der Waals surface area contributed by atoms with E-state index in [4.69, 9.17) is 5.26 Å². The summed E-state index contributed by atoms with van der Waals surface area (Å²) in [7, 11) is 0. The number of hydrogen-bond donors (Lipinski definition) is 1. The molecule has 1 N–H and O–H groups in total. The molecule has 0 saturated carbocycles. The SMILES string of the molecule is N#CC1CNCCN1Cc1nccn1C(F)F. The predicted molar refractivity (Wildman–Crippen MR) is 56.2 cm³/mol. The summed E-state index contributed by atoms with van der Waals surface area (Å²) in [4.78, 5) is 5.77. The van der Waals surface area contributed by atoms with Gasteiger partial charge in [-0.05, 0) is 0 Å². The summed E-state index contributed by atoms with van der Waals surface area (Å²) in [5.74, 6) is 0.294. The fourth-order valence-electron chi connectivity index (χ4n) is 1.89. The van der Waals surface area contributed by atoms with E-state index in [2.05, 4.69) is 16.4 Å². The molecule has 1 aliphatic rings. The van der Waals surface area contributed by atoms with Gasteiger partial charge in [0.05, 0.1) is 12.6 Å². The molecule has 0 amide bonds. The molecular weight excluding hydrogens is 228 g/mol. The Hall–Kier alpha value is -1.52. The maximum Gasteiger partial charge on any atom is 0.319 e. The van der Waals surface area contributed by atoms with Crippen LogP contribution in [0.3, 0.4) is 0 Å². The molecule has 2 rings (SSSR count). The van der Waals surface area contributed by atoms with Crippen LogP contribution in [0.2, 0.25) is 0 Å². The fraction of sp³-hybridized carbons (Fsp3) is 0.600. The van der Waals surface area contributed by atoms with E-state index >= 15 is 0 Å². The standard InChI is InChI=1S/C10H13F2N5/c11-10(12)17-4-2-15-9(17)7-16-3-1-14-6-8(16)5-13/h2,4,8,10,14H,1,3,6-7H2. The lowest BCUT2D eigenvalue weighted by atomic mass is 10.2. The molecule has 1 aromatic heterocycles. The smallest absolute Gasteiger partial charge is 0.313 e. The van der Waals surface area contributed by atoms with Crippen LogP contribution in [0.4, 0.5) is 8.78 Å². The van der Waals surface area contributed by atoms with Crippen LogP contribution in [0.15, 0.2) is 12.4 Å². The van der Waals surface area contributed by atoms with Gasteiger partial charge in [0.25, 0.3) is 0 Å². The summed E-state index contributed by atoms with van der Waals surface area (Å²) in [6, 6.07) is 1.87. The molecule has 17 heavy (non-hydrogen) atoms. The number of hydrogen-bond acceptors (Lipinski definition) is 4. The van der Waals surface area contributed by atoms with E-state index in [1.54, 1.807) is 0 Å². The zero-order valence-corrected chi connectivity index (χ0v) is 9.18. The van der Waals surface area contributed by atoms with Crippen LogP contribution < -0.4 is 5.32 Å². The third-order valence-corrected chi connectivity index (χ3v) is 2.81. The predicted octanol–water partition coefficient (Wildman–Crippen LogP) is 0.576. The molecule has 0 bridgehead atoms. The quantitative estimate of drug-likeness (QED) is 0.840. The summed E-state index contributed by atoms with van der Waals surface area (Å²) in [5, 5.41) is 12.1. The molecule has 0 radical (unpaired) electrons. The average molecular weight is 241 g/mol. The van der Waals surface area contributed by atoms with Crippen LogP contribution in [0.25, 0.3) is 0 Å². The third kappa shape index (κ3) is 2.60. The number of aromatic nitrogens is 2. The number of piperazine rings is 1. The van der Waals surface area contributed by atoms with Crippen molar-refractivity contribution in [3.63, 3.8) is 0 Å². The number of nitrogens with one attached hydrogen (secondary N) is 1. The van der Waals surface area contributed by atoms with Gasteiger partial charge in [0, 0.05) is 32.0 Å². The van der Waals surface area contributed by atoms with Crippen LogP contribution in [0.5, 0.6) is 0 Å². The van der Waals surface area contributed by atoms with Crippen molar-refractivity contribution in [1.29, 1.82) is 5.26 Å². The van der Waals surface area contributed by atoms with Crippen molar-refractivity contribution in [2.75, 3.05) is 19.6 Å². The van der Waals surface area contributed by atoms with Gasteiger partial charge in [0.15, 0.2) is 0 Å². The number of imidazole rings is 1. The Labute approximate surface area is 97.7 Å². The molecular formula is C10H13F2N5.